The van der Waals surface area contributed by atoms with Crippen molar-refractivity contribution in [2.45, 2.75) is 102 Å². The van der Waals surface area contributed by atoms with Crippen LogP contribution in [-0.4, -0.2) is 0 Å². The maximum Gasteiger partial charge on any atom is -0.0227 e. The van der Waals surface area contributed by atoms with Crippen molar-refractivity contribution in [1.29, 1.82) is 0 Å². The van der Waals surface area contributed by atoms with Crippen molar-refractivity contribution in [2.75, 3.05) is 0 Å². The van der Waals surface area contributed by atoms with Crippen LogP contribution in [0.1, 0.15) is 99.4 Å². The van der Waals surface area contributed by atoms with Crippen LogP contribution in [0.5, 0.6) is 0 Å². The number of terminal acetylenes is 1. The third-order valence-corrected chi connectivity index (χ3v) is 5.69. The summed E-state index contributed by atoms with van der Waals surface area (Å²) in [6, 6.07) is 22.0. The molecule has 0 N–H and O–H groups in total. The van der Waals surface area contributed by atoms with E-state index in [1.54, 1.807) is 0 Å². The Morgan fingerprint density at radius 1 is 0.622 bits per heavy atom. The van der Waals surface area contributed by atoms with Crippen molar-refractivity contribution in [1.82, 2.24) is 0 Å². The molecule has 0 saturated heterocycles. The SMILES string of the molecule is C#C.C=C(CCc1ccc(C)c(C)c1)c1ccc(C)c(C)c1.CC.CC.CC.CCc1cccc(C)c1. The van der Waals surface area contributed by atoms with Crippen molar-refractivity contribution in [2.24, 2.45) is 0 Å². The fourth-order valence-electron chi connectivity index (χ4n) is 3.29. The summed E-state index contributed by atoms with van der Waals surface area (Å²) in [4.78, 5) is 0. The van der Waals surface area contributed by atoms with Gasteiger partial charge < -0.3 is 0 Å². The number of rotatable bonds is 5. The molecule has 0 heterocycles. The first-order valence-corrected chi connectivity index (χ1v) is 14.0. The van der Waals surface area contributed by atoms with Gasteiger partial charge in [-0.25, -0.2) is 0 Å². The summed E-state index contributed by atoms with van der Waals surface area (Å²) in [5.74, 6) is 0. The summed E-state index contributed by atoms with van der Waals surface area (Å²) in [5.41, 5.74) is 12.1. The Bertz CT molecular complexity index is 1000. The molecule has 0 fully saturated rings. The van der Waals surface area contributed by atoms with Crippen molar-refractivity contribution in [3.8, 4) is 12.8 Å². The first-order valence-electron chi connectivity index (χ1n) is 14.0. The molecule has 0 bridgehead atoms. The molecule has 0 aliphatic rings. The van der Waals surface area contributed by atoms with E-state index in [9.17, 15) is 0 Å². The minimum absolute atomic E-state index is 1.02. The quantitative estimate of drug-likeness (QED) is 0.305. The highest BCUT2D eigenvalue weighted by atomic mass is 14.1. The Balaban J connectivity index is -0.000000568. The van der Waals surface area contributed by atoms with Gasteiger partial charge in [0.2, 0.25) is 0 Å². The molecule has 0 radical (unpaired) electrons. The third-order valence-electron chi connectivity index (χ3n) is 5.69. The molecule has 0 nitrogen and oxygen atoms in total. The lowest BCUT2D eigenvalue weighted by molar-refractivity contribution is 1.01. The molecule has 0 spiro atoms. The molecule has 0 heteroatoms. The number of hydrogen-bond acceptors (Lipinski definition) is 0. The van der Waals surface area contributed by atoms with Gasteiger partial charge in [-0.15, -0.1) is 12.8 Å². The predicted octanol–water partition coefficient (Wildman–Crippen LogP) is 11.5. The van der Waals surface area contributed by atoms with Gasteiger partial charge in [0.1, 0.15) is 0 Å². The zero-order chi connectivity index (χ0) is 29.4. The fraction of sp³-hybridized carbons (Fsp3) is 0.405. The Morgan fingerprint density at radius 3 is 1.57 bits per heavy atom. The lowest BCUT2D eigenvalue weighted by Gasteiger charge is -2.10. The number of allylic oxidation sites excluding steroid dienone is 1. The Hall–Kier alpha value is -3.04. The van der Waals surface area contributed by atoms with Crippen LogP contribution in [0.4, 0.5) is 0 Å². The number of benzene rings is 3. The van der Waals surface area contributed by atoms with Crippen LogP contribution in [-0.2, 0) is 12.8 Å². The van der Waals surface area contributed by atoms with Gasteiger partial charge in [-0.2, -0.15) is 0 Å². The van der Waals surface area contributed by atoms with Crippen LogP contribution >= 0.6 is 0 Å². The first kappa shape index (κ1) is 38.5. The summed E-state index contributed by atoms with van der Waals surface area (Å²) < 4.78 is 0. The van der Waals surface area contributed by atoms with Gasteiger partial charge in [0.25, 0.3) is 0 Å². The Labute approximate surface area is 232 Å². The van der Waals surface area contributed by atoms with E-state index in [2.05, 4.69) is 122 Å². The maximum atomic E-state index is 4.25. The number of aryl methyl sites for hydroxylation is 7. The van der Waals surface area contributed by atoms with E-state index in [-0.39, 0.29) is 0 Å². The van der Waals surface area contributed by atoms with Gasteiger partial charge in [0.05, 0.1) is 0 Å². The first-order chi connectivity index (χ1) is 17.8. The van der Waals surface area contributed by atoms with Gasteiger partial charge in [0.15, 0.2) is 0 Å². The average Bonchev–Trinajstić information content (AvgIpc) is 2.95. The molecule has 3 aromatic rings. The highest BCUT2D eigenvalue weighted by Crippen LogP contribution is 2.22. The van der Waals surface area contributed by atoms with Crippen LogP contribution in [0.25, 0.3) is 5.57 Å². The van der Waals surface area contributed by atoms with Gasteiger partial charge >= 0.3 is 0 Å². The minimum Gasteiger partial charge on any atom is -0.124 e. The van der Waals surface area contributed by atoms with Gasteiger partial charge in [-0.3, -0.25) is 0 Å². The summed E-state index contributed by atoms with van der Waals surface area (Å²) in [6.07, 6.45) is 11.2. The van der Waals surface area contributed by atoms with E-state index in [1.165, 1.54) is 50.1 Å². The van der Waals surface area contributed by atoms with Crippen molar-refractivity contribution >= 4 is 5.57 Å². The highest BCUT2D eigenvalue weighted by molar-refractivity contribution is 5.64. The zero-order valence-electron chi connectivity index (χ0n) is 26.3. The molecule has 0 aliphatic carbocycles. The van der Waals surface area contributed by atoms with Gasteiger partial charge in [-0.05, 0) is 98.4 Å². The molecule has 3 aromatic carbocycles. The Morgan fingerprint density at radius 2 is 1.14 bits per heavy atom. The number of hydrogen-bond donors (Lipinski definition) is 0. The molecule has 37 heavy (non-hydrogen) atoms. The Kier molecular flexibility index (Phi) is 25.6. The standard InChI is InChI=1S/C20H24.C9H12.3C2H6.C2H2/c1-14-6-9-19(12-17(14)4)10-7-16(3)20-11-8-15(2)18(5)13-20;1-3-9-6-4-5-8(2)7-9;4*1-2/h6,8-9,11-13H,3,7,10H2,1-2,4-5H3;4-7H,3H2,1-2H3;3*1-2H3;1-2H. The molecular weight excluding hydrogens is 444 g/mol. The molecule has 0 amide bonds. The molecule has 0 atom stereocenters. The second-order valence-corrected chi connectivity index (χ2v) is 8.16. The van der Waals surface area contributed by atoms with E-state index in [4.69, 9.17) is 0 Å². The van der Waals surface area contributed by atoms with Gasteiger partial charge in [0, 0.05) is 0 Å². The summed E-state index contributed by atoms with van der Waals surface area (Å²) in [7, 11) is 0. The molecule has 0 saturated carbocycles. The van der Waals surface area contributed by atoms with E-state index in [0.717, 1.165) is 19.3 Å². The van der Waals surface area contributed by atoms with Crippen LogP contribution < -0.4 is 0 Å². The van der Waals surface area contributed by atoms with E-state index in [1.807, 2.05) is 41.5 Å². The molecule has 0 aromatic heterocycles. The van der Waals surface area contributed by atoms with Crippen LogP contribution in [0.3, 0.4) is 0 Å². The lowest BCUT2D eigenvalue weighted by Crippen LogP contribution is -1.92. The molecule has 0 unspecified atom stereocenters. The smallest absolute Gasteiger partial charge is 0.0227 e. The molecular formula is C37H56. The normalized spacial score (nSPS) is 8.59. The topological polar surface area (TPSA) is 0 Å². The van der Waals surface area contributed by atoms with E-state index >= 15 is 0 Å². The summed E-state index contributed by atoms with van der Waals surface area (Å²) >= 11 is 0. The maximum absolute atomic E-state index is 4.25. The van der Waals surface area contributed by atoms with Crippen molar-refractivity contribution < 1.29 is 0 Å². The second kappa shape index (κ2) is 24.6. The lowest BCUT2D eigenvalue weighted by atomic mass is 9.96. The second-order valence-electron chi connectivity index (χ2n) is 8.16. The monoisotopic (exact) mass is 500 g/mol. The van der Waals surface area contributed by atoms with Crippen molar-refractivity contribution in [3.05, 3.63) is 112 Å². The van der Waals surface area contributed by atoms with E-state index < -0.39 is 0 Å². The van der Waals surface area contributed by atoms with Gasteiger partial charge in [-0.1, -0.05) is 121 Å². The predicted molar refractivity (Wildman–Crippen MR) is 174 cm³/mol. The molecule has 3 rings (SSSR count). The van der Waals surface area contributed by atoms with Crippen molar-refractivity contribution in [3.63, 3.8) is 0 Å². The highest BCUT2D eigenvalue weighted by Gasteiger charge is 2.03. The average molecular weight is 501 g/mol. The van der Waals surface area contributed by atoms with Crippen LogP contribution in [0.15, 0.2) is 67.2 Å². The van der Waals surface area contributed by atoms with Crippen LogP contribution in [0.2, 0.25) is 0 Å². The zero-order valence-corrected chi connectivity index (χ0v) is 26.3. The molecule has 204 valence electrons. The molecule has 0 aliphatic heterocycles. The minimum atomic E-state index is 1.02. The summed E-state index contributed by atoms with van der Waals surface area (Å²) in [5, 5.41) is 0. The van der Waals surface area contributed by atoms with E-state index in [0.29, 0.717) is 0 Å². The fourth-order valence-corrected chi connectivity index (χ4v) is 3.29. The largest absolute Gasteiger partial charge is 0.124 e. The summed E-state index contributed by atoms with van der Waals surface area (Å²) in [6.45, 7) is 29.2. The third kappa shape index (κ3) is 16.3. The van der Waals surface area contributed by atoms with Crippen LogP contribution in [0, 0.1) is 47.5 Å².